The van der Waals surface area contributed by atoms with E-state index in [0.29, 0.717) is 0 Å². The molecule has 10 heavy (non-hydrogen) atoms. The van der Waals surface area contributed by atoms with Crippen LogP contribution in [0.15, 0.2) is 0 Å². The Kier molecular flexibility index (Phi) is 50.5. The van der Waals surface area contributed by atoms with Gasteiger partial charge in [-0.05, 0) is 6.42 Å². The van der Waals surface area contributed by atoms with Crippen molar-refractivity contribution in [3.05, 3.63) is 0 Å². The standard InChI is InChI=1S/C6H13Cl.2ClH.H3P/c1-2-3-4-5-6-7;;;/h2-6H2,1H3;2*1H;1H3. The normalized spacial score (nSPS) is 6.60. The molecular weight excluding hydrogens is 209 g/mol. The largest absolute Gasteiger partial charge is 0.153 e. The van der Waals surface area contributed by atoms with E-state index in [2.05, 4.69) is 6.92 Å². The molecule has 0 amide bonds. The first-order valence-electron chi connectivity index (χ1n) is 2.97. The van der Waals surface area contributed by atoms with Crippen LogP contribution in [0, 0.1) is 0 Å². The smallest absolute Gasteiger partial charge is 0.0223 e. The third-order valence-corrected chi connectivity index (χ3v) is 1.25. The SMILES string of the molecule is CCCCCCCl.Cl.Cl.P. The predicted octanol–water partition coefficient (Wildman–Crippen LogP) is 3.71. The zero-order valence-corrected chi connectivity index (χ0v) is 10.2. The lowest BCUT2D eigenvalue weighted by Crippen LogP contribution is -1.74. The van der Waals surface area contributed by atoms with Crippen LogP contribution >= 0.6 is 46.3 Å². The van der Waals surface area contributed by atoms with Crippen LogP contribution in [0.4, 0.5) is 0 Å². The summed E-state index contributed by atoms with van der Waals surface area (Å²) >= 11 is 5.44. The summed E-state index contributed by atoms with van der Waals surface area (Å²) in [5, 5.41) is 0. The molecule has 0 aliphatic heterocycles. The van der Waals surface area contributed by atoms with E-state index < -0.39 is 0 Å². The lowest BCUT2D eigenvalue weighted by molar-refractivity contribution is 0.705. The summed E-state index contributed by atoms with van der Waals surface area (Å²) < 4.78 is 0. The molecule has 0 aromatic heterocycles. The van der Waals surface area contributed by atoms with E-state index in [0.717, 1.165) is 5.88 Å². The molecule has 0 saturated carbocycles. The molecule has 0 rings (SSSR count). The van der Waals surface area contributed by atoms with Crippen molar-refractivity contribution in [2.45, 2.75) is 32.6 Å². The number of alkyl halides is 1. The van der Waals surface area contributed by atoms with Gasteiger partial charge in [0, 0.05) is 5.88 Å². The second kappa shape index (κ2) is 22.4. The third kappa shape index (κ3) is 22.8. The molecule has 1 atom stereocenters. The summed E-state index contributed by atoms with van der Waals surface area (Å²) in [7, 11) is 0. The molecule has 0 aliphatic rings. The summed E-state index contributed by atoms with van der Waals surface area (Å²) in [6, 6.07) is 0. The topological polar surface area (TPSA) is 0 Å². The van der Waals surface area contributed by atoms with Gasteiger partial charge in [0.15, 0.2) is 0 Å². The highest BCUT2D eigenvalue weighted by molar-refractivity contribution is 6.92. The highest BCUT2D eigenvalue weighted by atomic mass is 35.5. The van der Waals surface area contributed by atoms with Gasteiger partial charge in [0.1, 0.15) is 0 Å². The van der Waals surface area contributed by atoms with Gasteiger partial charge in [-0.15, -0.1) is 36.4 Å². The van der Waals surface area contributed by atoms with Crippen molar-refractivity contribution in [2.75, 3.05) is 5.88 Å². The van der Waals surface area contributed by atoms with Gasteiger partial charge in [0.25, 0.3) is 0 Å². The molecule has 0 bridgehead atoms. The molecule has 0 spiro atoms. The molecule has 0 fully saturated rings. The molecule has 0 N–H and O–H groups in total. The second-order valence-corrected chi connectivity index (χ2v) is 2.13. The maximum absolute atomic E-state index is 5.44. The van der Waals surface area contributed by atoms with Crippen molar-refractivity contribution in [1.82, 2.24) is 0 Å². The molecule has 1 unspecified atom stereocenters. The molecule has 0 saturated heterocycles. The lowest BCUT2D eigenvalue weighted by atomic mass is 10.2. The van der Waals surface area contributed by atoms with E-state index in [1.165, 1.54) is 25.7 Å². The van der Waals surface area contributed by atoms with Gasteiger partial charge in [-0.25, -0.2) is 0 Å². The Morgan fingerprint density at radius 3 is 1.80 bits per heavy atom. The van der Waals surface area contributed by atoms with Crippen LogP contribution < -0.4 is 0 Å². The fraction of sp³-hybridized carbons (Fsp3) is 1.00. The van der Waals surface area contributed by atoms with Gasteiger partial charge in [-0.2, -0.15) is 9.90 Å². The summed E-state index contributed by atoms with van der Waals surface area (Å²) in [6.07, 6.45) is 5.14. The van der Waals surface area contributed by atoms with Crippen molar-refractivity contribution in [3.63, 3.8) is 0 Å². The van der Waals surface area contributed by atoms with Crippen molar-refractivity contribution >= 4 is 46.3 Å². The highest BCUT2D eigenvalue weighted by Gasteiger charge is 1.81. The average molecular weight is 228 g/mol. The summed E-state index contributed by atoms with van der Waals surface area (Å²) in [4.78, 5) is 0. The summed E-state index contributed by atoms with van der Waals surface area (Å²) in [6.45, 7) is 2.20. The molecule has 4 heteroatoms. The Morgan fingerprint density at radius 2 is 1.50 bits per heavy atom. The zero-order chi connectivity index (χ0) is 5.54. The molecule has 0 nitrogen and oxygen atoms in total. The van der Waals surface area contributed by atoms with Crippen molar-refractivity contribution in [2.24, 2.45) is 0 Å². The summed E-state index contributed by atoms with van der Waals surface area (Å²) in [5.74, 6) is 0.833. The Balaban J connectivity index is -0.0000000600. The van der Waals surface area contributed by atoms with Gasteiger partial charge in [0.2, 0.25) is 0 Å². The number of hydrogen-bond donors (Lipinski definition) is 0. The van der Waals surface area contributed by atoms with E-state index >= 15 is 0 Å². The first kappa shape index (κ1) is 22.5. The van der Waals surface area contributed by atoms with Crippen LogP contribution in [0.2, 0.25) is 0 Å². The Labute approximate surface area is 84.9 Å². The number of rotatable bonds is 4. The number of unbranched alkanes of at least 4 members (excludes halogenated alkanes) is 3. The van der Waals surface area contributed by atoms with Crippen molar-refractivity contribution < 1.29 is 0 Å². The lowest BCUT2D eigenvalue weighted by Gasteiger charge is -1.89. The van der Waals surface area contributed by atoms with Crippen molar-refractivity contribution in [3.8, 4) is 0 Å². The molecular formula is C6H18Cl3P. The number of halogens is 3. The van der Waals surface area contributed by atoms with Gasteiger partial charge in [-0.3, -0.25) is 0 Å². The van der Waals surface area contributed by atoms with Gasteiger partial charge in [-0.1, -0.05) is 26.2 Å². The van der Waals surface area contributed by atoms with Gasteiger partial charge < -0.3 is 0 Å². The maximum atomic E-state index is 5.44. The first-order valence-corrected chi connectivity index (χ1v) is 3.51. The van der Waals surface area contributed by atoms with E-state index in [1.54, 1.807) is 0 Å². The van der Waals surface area contributed by atoms with Crippen LogP contribution in [0.1, 0.15) is 32.6 Å². The highest BCUT2D eigenvalue weighted by Crippen LogP contribution is 1.98. The van der Waals surface area contributed by atoms with Crippen LogP contribution in [0.25, 0.3) is 0 Å². The third-order valence-electron chi connectivity index (χ3n) is 0.987. The van der Waals surface area contributed by atoms with Gasteiger partial charge in [0.05, 0.1) is 0 Å². The number of hydrogen-bond acceptors (Lipinski definition) is 0. The quantitative estimate of drug-likeness (QED) is 0.390. The maximum Gasteiger partial charge on any atom is 0.0223 e. The molecule has 0 aromatic carbocycles. The van der Waals surface area contributed by atoms with Crippen LogP contribution in [0.3, 0.4) is 0 Å². The molecule has 0 aliphatic carbocycles. The molecule has 0 heterocycles. The van der Waals surface area contributed by atoms with E-state index in [1.807, 2.05) is 0 Å². The minimum atomic E-state index is 0. The van der Waals surface area contributed by atoms with Crippen LogP contribution in [-0.4, -0.2) is 5.88 Å². The molecule has 0 radical (unpaired) electrons. The second-order valence-electron chi connectivity index (χ2n) is 1.75. The summed E-state index contributed by atoms with van der Waals surface area (Å²) in [5.41, 5.74) is 0. The van der Waals surface area contributed by atoms with Crippen LogP contribution in [0.5, 0.6) is 0 Å². The average Bonchev–Trinajstić information content (AvgIpc) is 1.69. The Hall–Kier alpha value is 1.30. The van der Waals surface area contributed by atoms with Crippen molar-refractivity contribution in [1.29, 1.82) is 0 Å². The minimum absolute atomic E-state index is 0. The Morgan fingerprint density at radius 1 is 1.00 bits per heavy atom. The zero-order valence-electron chi connectivity index (χ0n) is 6.44. The minimum Gasteiger partial charge on any atom is -0.153 e. The van der Waals surface area contributed by atoms with E-state index in [-0.39, 0.29) is 34.7 Å². The first-order chi connectivity index (χ1) is 3.41. The monoisotopic (exact) mass is 226 g/mol. The Bertz CT molecular complexity index is 32.2. The van der Waals surface area contributed by atoms with E-state index in [4.69, 9.17) is 11.6 Å². The molecule has 68 valence electrons. The van der Waals surface area contributed by atoms with Gasteiger partial charge >= 0.3 is 0 Å². The molecule has 0 aromatic rings. The van der Waals surface area contributed by atoms with E-state index in [9.17, 15) is 0 Å². The predicted molar refractivity (Wildman–Crippen MR) is 60.5 cm³/mol. The van der Waals surface area contributed by atoms with Crippen LogP contribution in [-0.2, 0) is 0 Å². The fourth-order valence-corrected chi connectivity index (χ4v) is 0.710. The fourth-order valence-electron chi connectivity index (χ4n) is 0.521.